The van der Waals surface area contributed by atoms with Crippen LogP contribution in [0, 0.1) is 0 Å². The van der Waals surface area contributed by atoms with Crippen LogP contribution in [-0.2, 0) is 5.72 Å². The van der Waals surface area contributed by atoms with E-state index in [1.165, 1.54) is 42.5 Å². The van der Waals surface area contributed by atoms with Gasteiger partial charge in [-0.15, -0.1) is 0 Å². The Morgan fingerprint density at radius 2 is 1.52 bits per heavy atom. The molecule has 166 valence electrons. The monoisotopic (exact) mass is 468 g/mol. The smallest absolute Gasteiger partial charge is 0.365 e. The predicted octanol–water partition coefficient (Wildman–Crippen LogP) is 5.22. The van der Waals surface area contributed by atoms with E-state index in [2.05, 4.69) is 5.10 Å². The second kappa shape index (κ2) is 7.49. The SMILES string of the molecule is O=C(c1ccc(Cl)cc1)N1N=C(C(F)(F)C(F)(F)C(F)(F)F)C[C@]1(O)c1ccccc1. The molecule has 1 atom stereocenters. The maximum Gasteiger partial charge on any atom is 0.460 e. The van der Waals surface area contributed by atoms with Gasteiger partial charge in [-0.1, -0.05) is 41.9 Å². The first-order chi connectivity index (χ1) is 14.2. The first-order valence-electron chi connectivity index (χ1n) is 8.50. The molecule has 0 aromatic heterocycles. The first kappa shape index (κ1) is 23.0. The van der Waals surface area contributed by atoms with Gasteiger partial charge in [0.05, 0.1) is 0 Å². The van der Waals surface area contributed by atoms with Gasteiger partial charge in [-0.25, -0.2) is 0 Å². The first-order valence-corrected chi connectivity index (χ1v) is 8.88. The van der Waals surface area contributed by atoms with Crippen molar-refractivity contribution in [1.29, 1.82) is 0 Å². The van der Waals surface area contributed by atoms with Gasteiger partial charge in [0, 0.05) is 22.6 Å². The normalized spacial score (nSPS) is 20.0. The second-order valence-electron chi connectivity index (χ2n) is 6.68. The van der Waals surface area contributed by atoms with Crippen molar-refractivity contribution < 1.29 is 40.6 Å². The number of halogens is 8. The molecule has 12 heteroatoms. The van der Waals surface area contributed by atoms with Crippen LogP contribution in [0.5, 0.6) is 0 Å². The third kappa shape index (κ3) is 3.76. The van der Waals surface area contributed by atoms with Crippen molar-refractivity contribution in [3.63, 3.8) is 0 Å². The van der Waals surface area contributed by atoms with Crippen molar-refractivity contribution in [3.8, 4) is 0 Å². The lowest BCUT2D eigenvalue weighted by Crippen LogP contribution is -2.56. The Morgan fingerprint density at radius 3 is 2.03 bits per heavy atom. The molecule has 0 saturated heterocycles. The molecule has 2 aromatic rings. The van der Waals surface area contributed by atoms with Crippen LogP contribution < -0.4 is 0 Å². The van der Waals surface area contributed by atoms with Gasteiger partial charge in [0.15, 0.2) is 5.72 Å². The average molecular weight is 469 g/mol. The number of hydrogen-bond donors (Lipinski definition) is 1. The summed E-state index contributed by atoms with van der Waals surface area (Å²) < 4.78 is 93.5. The van der Waals surface area contributed by atoms with Crippen molar-refractivity contribution in [2.24, 2.45) is 5.10 Å². The molecule has 1 aliphatic rings. The zero-order chi connectivity index (χ0) is 23.2. The van der Waals surface area contributed by atoms with E-state index >= 15 is 0 Å². The second-order valence-corrected chi connectivity index (χ2v) is 7.11. The highest BCUT2D eigenvalue weighted by molar-refractivity contribution is 6.30. The standard InChI is InChI=1S/C19H12ClF7N2O2/c20-13-8-6-11(7-9-13)15(30)29-16(31,12-4-2-1-3-5-12)10-14(28-29)17(21,22)18(23,24)19(25,26)27/h1-9,31H,10H2/t16-/m0/s1. The largest absolute Gasteiger partial charge is 0.460 e. The lowest BCUT2D eigenvalue weighted by atomic mass is 9.93. The number of hydrazone groups is 1. The highest BCUT2D eigenvalue weighted by Crippen LogP contribution is 2.50. The molecule has 1 N–H and O–H groups in total. The fourth-order valence-electron chi connectivity index (χ4n) is 2.94. The molecule has 4 nitrogen and oxygen atoms in total. The molecule has 0 bridgehead atoms. The Balaban J connectivity index is 2.12. The van der Waals surface area contributed by atoms with Gasteiger partial charge in [0.1, 0.15) is 5.71 Å². The number of hydrogen-bond acceptors (Lipinski definition) is 3. The van der Waals surface area contributed by atoms with Crippen molar-refractivity contribution in [2.75, 3.05) is 0 Å². The molecule has 0 aliphatic carbocycles. The Bertz CT molecular complexity index is 1010. The fourth-order valence-corrected chi connectivity index (χ4v) is 3.06. The Labute approximate surface area is 175 Å². The van der Waals surface area contributed by atoms with Crippen LogP contribution in [0.25, 0.3) is 0 Å². The topological polar surface area (TPSA) is 52.9 Å². The molecule has 0 radical (unpaired) electrons. The number of benzene rings is 2. The number of rotatable bonds is 4. The van der Waals surface area contributed by atoms with Crippen molar-refractivity contribution in [3.05, 3.63) is 70.7 Å². The number of amides is 1. The zero-order valence-corrected chi connectivity index (χ0v) is 15.9. The maximum atomic E-state index is 14.3. The molecule has 31 heavy (non-hydrogen) atoms. The molecule has 0 fully saturated rings. The van der Waals surface area contributed by atoms with Crippen LogP contribution >= 0.6 is 11.6 Å². The number of aliphatic hydroxyl groups is 1. The molecular weight excluding hydrogens is 457 g/mol. The molecule has 1 heterocycles. The van der Waals surface area contributed by atoms with E-state index in [0.29, 0.717) is 0 Å². The van der Waals surface area contributed by atoms with Crippen LogP contribution in [0.4, 0.5) is 30.7 Å². The highest BCUT2D eigenvalue weighted by Gasteiger charge is 2.76. The molecule has 1 aliphatic heterocycles. The summed E-state index contributed by atoms with van der Waals surface area (Å²) in [5, 5.41) is 14.3. The quantitative estimate of drug-likeness (QED) is 0.626. The number of carbonyl (C=O) groups excluding carboxylic acids is 1. The maximum absolute atomic E-state index is 14.3. The van der Waals surface area contributed by atoms with Gasteiger partial charge in [-0.2, -0.15) is 40.8 Å². The van der Waals surface area contributed by atoms with E-state index in [-0.39, 0.29) is 21.2 Å². The Morgan fingerprint density at radius 1 is 0.968 bits per heavy atom. The summed E-state index contributed by atoms with van der Waals surface area (Å²) in [4.78, 5) is 12.8. The van der Waals surface area contributed by atoms with E-state index < -0.39 is 41.8 Å². The van der Waals surface area contributed by atoms with Gasteiger partial charge in [0.25, 0.3) is 5.91 Å². The minimum Gasteiger partial charge on any atom is -0.365 e. The minimum absolute atomic E-state index is 0.0707. The zero-order valence-electron chi connectivity index (χ0n) is 15.2. The molecule has 0 unspecified atom stereocenters. The predicted molar refractivity (Wildman–Crippen MR) is 96.0 cm³/mol. The average Bonchev–Trinajstić information content (AvgIpc) is 3.07. The van der Waals surface area contributed by atoms with E-state index in [1.807, 2.05) is 0 Å². The van der Waals surface area contributed by atoms with Gasteiger partial charge < -0.3 is 5.11 Å². The number of alkyl halides is 7. The van der Waals surface area contributed by atoms with Gasteiger partial charge in [-0.3, -0.25) is 4.79 Å². The van der Waals surface area contributed by atoms with Gasteiger partial charge in [-0.05, 0) is 24.3 Å². The highest BCUT2D eigenvalue weighted by atomic mass is 35.5. The van der Waals surface area contributed by atoms with Crippen LogP contribution in [0.3, 0.4) is 0 Å². The van der Waals surface area contributed by atoms with E-state index in [1.54, 1.807) is 0 Å². The van der Waals surface area contributed by atoms with Gasteiger partial charge >= 0.3 is 18.0 Å². The molecule has 3 rings (SSSR count). The summed E-state index contributed by atoms with van der Waals surface area (Å²) in [6, 6.07) is 11.3. The molecular formula is C19H12ClF7N2O2. The Hall–Kier alpha value is -2.66. The summed E-state index contributed by atoms with van der Waals surface area (Å²) in [5.41, 5.74) is -5.18. The molecule has 2 aromatic carbocycles. The van der Waals surface area contributed by atoms with Gasteiger partial charge in [0.2, 0.25) is 0 Å². The third-order valence-electron chi connectivity index (χ3n) is 4.62. The van der Waals surface area contributed by atoms with Crippen molar-refractivity contribution in [2.45, 2.75) is 30.2 Å². The fraction of sp³-hybridized carbons (Fsp3) is 0.263. The van der Waals surface area contributed by atoms with Crippen LogP contribution in [0.2, 0.25) is 5.02 Å². The molecule has 0 saturated carbocycles. The van der Waals surface area contributed by atoms with Crippen molar-refractivity contribution in [1.82, 2.24) is 5.01 Å². The third-order valence-corrected chi connectivity index (χ3v) is 4.87. The minimum atomic E-state index is -6.60. The lowest BCUT2D eigenvalue weighted by molar-refractivity contribution is -0.336. The van der Waals surface area contributed by atoms with Crippen LogP contribution in [0.1, 0.15) is 22.3 Å². The van der Waals surface area contributed by atoms with Crippen molar-refractivity contribution >= 4 is 23.2 Å². The summed E-state index contributed by atoms with van der Waals surface area (Å²) in [6.45, 7) is 0. The summed E-state index contributed by atoms with van der Waals surface area (Å²) >= 11 is 5.71. The summed E-state index contributed by atoms with van der Waals surface area (Å²) in [7, 11) is 0. The molecule has 0 spiro atoms. The summed E-state index contributed by atoms with van der Waals surface area (Å²) in [6.07, 6.45) is -8.08. The van der Waals surface area contributed by atoms with Crippen LogP contribution in [0.15, 0.2) is 59.7 Å². The van der Waals surface area contributed by atoms with Crippen LogP contribution in [-0.4, -0.2) is 39.8 Å². The number of nitrogens with zero attached hydrogens (tertiary/aromatic N) is 2. The number of carbonyl (C=O) groups is 1. The molecule has 1 amide bonds. The van der Waals surface area contributed by atoms with E-state index in [9.17, 15) is 40.6 Å². The lowest BCUT2D eigenvalue weighted by Gasteiger charge is -2.32. The van der Waals surface area contributed by atoms with E-state index in [0.717, 1.165) is 12.1 Å². The summed E-state index contributed by atoms with van der Waals surface area (Å²) in [5.74, 6) is -13.5. The Kier molecular flexibility index (Phi) is 5.56. The van der Waals surface area contributed by atoms with E-state index in [4.69, 9.17) is 11.6 Å².